The molecule has 20 heavy (non-hydrogen) atoms. The lowest BCUT2D eigenvalue weighted by atomic mass is 9.95. The maximum atomic E-state index is 9.69. The van der Waals surface area contributed by atoms with E-state index in [2.05, 4.69) is 44.8 Å². The Labute approximate surface area is 123 Å². The van der Waals surface area contributed by atoms with Gasteiger partial charge in [0.2, 0.25) is 0 Å². The molecule has 2 fully saturated rings. The zero-order chi connectivity index (χ0) is 15.0. The van der Waals surface area contributed by atoms with Crippen molar-refractivity contribution in [3.63, 3.8) is 0 Å². The van der Waals surface area contributed by atoms with E-state index in [4.69, 9.17) is 4.74 Å². The summed E-state index contributed by atoms with van der Waals surface area (Å²) in [7, 11) is 0. The van der Waals surface area contributed by atoms with E-state index in [1.54, 1.807) is 0 Å². The Morgan fingerprint density at radius 1 is 1.20 bits per heavy atom. The molecule has 4 nitrogen and oxygen atoms in total. The van der Waals surface area contributed by atoms with Gasteiger partial charge in [0.25, 0.3) is 0 Å². The van der Waals surface area contributed by atoms with Crippen molar-refractivity contribution in [2.75, 3.05) is 26.2 Å². The summed E-state index contributed by atoms with van der Waals surface area (Å²) in [4.78, 5) is 2.48. The molecule has 2 aliphatic rings. The minimum atomic E-state index is -0.145. The second-order valence-corrected chi connectivity index (χ2v) is 8.22. The molecule has 1 unspecified atom stereocenters. The Morgan fingerprint density at radius 3 is 2.20 bits per heavy atom. The van der Waals surface area contributed by atoms with Crippen LogP contribution in [0, 0.1) is 0 Å². The van der Waals surface area contributed by atoms with Gasteiger partial charge in [0.1, 0.15) is 0 Å². The first-order valence-electron chi connectivity index (χ1n) is 7.94. The van der Waals surface area contributed by atoms with E-state index in [9.17, 15) is 5.11 Å². The number of aliphatic hydroxyl groups is 1. The van der Waals surface area contributed by atoms with Crippen molar-refractivity contribution in [3.05, 3.63) is 0 Å². The third-order valence-electron chi connectivity index (χ3n) is 4.22. The number of ether oxygens (including phenoxy) is 1. The van der Waals surface area contributed by atoms with Gasteiger partial charge >= 0.3 is 0 Å². The largest absolute Gasteiger partial charge is 0.394 e. The maximum Gasteiger partial charge on any atom is 0.0760 e. The Kier molecular flexibility index (Phi) is 4.51. The van der Waals surface area contributed by atoms with Gasteiger partial charge in [-0.15, -0.1) is 0 Å². The lowest BCUT2D eigenvalue weighted by molar-refractivity contribution is -0.181. The highest BCUT2D eigenvalue weighted by atomic mass is 16.5. The van der Waals surface area contributed by atoms with E-state index in [-0.39, 0.29) is 23.3 Å². The lowest BCUT2D eigenvalue weighted by Gasteiger charge is -2.48. The highest BCUT2D eigenvalue weighted by Crippen LogP contribution is 2.29. The van der Waals surface area contributed by atoms with Gasteiger partial charge in [0.15, 0.2) is 0 Å². The Morgan fingerprint density at radius 2 is 1.75 bits per heavy atom. The van der Waals surface area contributed by atoms with Crippen LogP contribution in [0.3, 0.4) is 0 Å². The van der Waals surface area contributed by atoms with Gasteiger partial charge in [-0.2, -0.15) is 0 Å². The van der Waals surface area contributed by atoms with Gasteiger partial charge < -0.3 is 15.2 Å². The normalized spacial score (nSPS) is 29.1. The standard InChI is InChI=1S/C16H32N2O2/c1-14(2)10-18(11-15(3,4)20-14)9-8-16(5,12-19)17-13-6-7-13/h13,17,19H,6-12H2,1-5H3. The van der Waals surface area contributed by atoms with Gasteiger partial charge in [0, 0.05) is 31.2 Å². The van der Waals surface area contributed by atoms with E-state index >= 15 is 0 Å². The topological polar surface area (TPSA) is 44.7 Å². The second kappa shape index (κ2) is 5.56. The first kappa shape index (κ1) is 16.2. The van der Waals surface area contributed by atoms with Crippen LogP contribution >= 0.6 is 0 Å². The highest BCUT2D eigenvalue weighted by molar-refractivity contribution is 4.94. The van der Waals surface area contributed by atoms with Crippen molar-refractivity contribution in [1.29, 1.82) is 0 Å². The Bertz CT molecular complexity index is 323. The van der Waals surface area contributed by atoms with E-state index in [0.29, 0.717) is 6.04 Å². The number of hydrogen-bond donors (Lipinski definition) is 2. The molecule has 0 amide bonds. The highest BCUT2D eigenvalue weighted by Gasteiger charge is 2.39. The number of nitrogens with one attached hydrogen (secondary N) is 1. The van der Waals surface area contributed by atoms with Crippen LogP contribution in [0.1, 0.15) is 53.9 Å². The summed E-state index contributed by atoms with van der Waals surface area (Å²) in [5.41, 5.74) is -0.337. The molecule has 0 aromatic heterocycles. The van der Waals surface area contributed by atoms with E-state index in [1.165, 1.54) is 12.8 Å². The van der Waals surface area contributed by atoms with Crippen molar-refractivity contribution in [2.24, 2.45) is 0 Å². The smallest absolute Gasteiger partial charge is 0.0760 e. The summed E-state index contributed by atoms with van der Waals surface area (Å²) in [5.74, 6) is 0. The molecule has 1 atom stereocenters. The molecule has 1 aliphatic heterocycles. The van der Waals surface area contributed by atoms with Crippen LogP contribution in [0.4, 0.5) is 0 Å². The zero-order valence-corrected chi connectivity index (χ0v) is 13.8. The summed E-state index contributed by atoms with van der Waals surface area (Å²) in [5, 5.41) is 13.3. The number of nitrogens with zero attached hydrogens (tertiary/aromatic N) is 1. The molecule has 1 saturated carbocycles. The minimum absolute atomic E-state index is 0.0959. The summed E-state index contributed by atoms with van der Waals surface area (Å²) >= 11 is 0. The predicted molar refractivity (Wildman–Crippen MR) is 81.9 cm³/mol. The van der Waals surface area contributed by atoms with Crippen LogP contribution in [0.15, 0.2) is 0 Å². The van der Waals surface area contributed by atoms with Crippen LogP contribution in [0.2, 0.25) is 0 Å². The molecule has 4 heteroatoms. The summed E-state index contributed by atoms with van der Waals surface area (Å²) in [6, 6.07) is 0.629. The molecule has 1 heterocycles. The van der Waals surface area contributed by atoms with Crippen LogP contribution < -0.4 is 5.32 Å². The van der Waals surface area contributed by atoms with Crippen molar-refractivity contribution in [3.8, 4) is 0 Å². The average molecular weight is 284 g/mol. The van der Waals surface area contributed by atoms with Gasteiger partial charge in [-0.05, 0) is 53.9 Å². The Hall–Kier alpha value is -0.160. The van der Waals surface area contributed by atoms with Crippen molar-refractivity contribution in [1.82, 2.24) is 10.2 Å². The van der Waals surface area contributed by atoms with E-state index in [0.717, 1.165) is 26.1 Å². The first-order valence-corrected chi connectivity index (χ1v) is 7.94. The minimum Gasteiger partial charge on any atom is -0.394 e. The molecular formula is C16H32N2O2. The molecule has 1 saturated heterocycles. The van der Waals surface area contributed by atoms with Crippen LogP contribution in [0.25, 0.3) is 0 Å². The number of morpholine rings is 1. The van der Waals surface area contributed by atoms with E-state index in [1.807, 2.05) is 0 Å². The van der Waals surface area contributed by atoms with Crippen molar-refractivity contribution < 1.29 is 9.84 Å². The fourth-order valence-corrected chi connectivity index (χ4v) is 3.43. The quantitative estimate of drug-likeness (QED) is 0.780. The summed E-state index contributed by atoms with van der Waals surface area (Å²) in [6.45, 7) is 13.9. The molecule has 1 aliphatic carbocycles. The molecule has 0 bridgehead atoms. The van der Waals surface area contributed by atoms with Gasteiger partial charge in [-0.1, -0.05) is 0 Å². The SMILES string of the molecule is CC(CO)(CCN1CC(C)(C)OC(C)(C)C1)NC1CC1. The van der Waals surface area contributed by atoms with Crippen LogP contribution in [0.5, 0.6) is 0 Å². The first-order chi connectivity index (χ1) is 9.13. The molecule has 0 spiro atoms. The third-order valence-corrected chi connectivity index (χ3v) is 4.22. The monoisotopic (exact) mass is 284 g/mol. The fraction of sp³-hybridized carbons (Fsp3) is 1.00. The molecule has 0 radical (unpaired) electrons. The second-order valence-electron chi connectivity index (χ2n) is 8.22. The maximum absolute atomic E-state index is 9.69. The zero-order valence-electron chi connectivity index (χ0n) is 13.8. The predicted octanol–water partition coefficient (Wildman–Crippen LogP) is 1.77. The average Bonchev–Trinajstić information content (AvgIpc) is 3.06. The summed E-state index contributed by atoms with van der Waals surface area (Å²) < 4.78 is 6.12. The molecule has 0 aromatic carbocycles. The number of aliphatic hydroxyl groups excluding tert-OH is 1. The van der Waals surface area contributed by atoms with E-state index < -0.39 is 0 Å². The van der Waals surface area contributed by atoms with Crippen LogP contribution in [-0.2, 0) is 4.74 Å². The summed E-state index contributed by atoms with van der Waals surface area (Å²) in [6.07, 6.45) is 3.49. The van der Waals surface area contributed by atoms with Gasteiger partial charge in [0.05, 0.1) is 17.8 Å². The molecule has 2 N–H and O–H groups in total. The van der Waals surface area contributed by atoms with Gasteiger partial charge in [-0.25, -0.2) is 0 Å². The fourth-order valence-electron chi connectivity index (χ4n) is 3.43. The molecular weight excluding hydrogens is 252 g/mol. The van der Waals surface area contributed by atoms with Gasteiger partial charge in [-0.3, -0.25) is 4.90 Å². The Balaban J connectivity index is 1.88. The van der Waals surface area contributed by atoms with Crippen LogP contribution in [-0.4, -0.2) is 59.0 Å². The number of hydrogen-bond acceptors (Lipinski definition) is 4. The van der Waals surface area contributed by atoms with Crippen molar-refractivity contribution >= 4 is 0 Å². The van der Waals surface area contributed by atoms with Crippen molar-refractivity contribution in [2.45, 2.75) is 76.7 Å². The number of rotatable bonds is 6. The molecule has 118 valence electrons. The molecule has 2 rings (SSSR count). The third kappa shape index (κ3) is 4.69. The molecule has 0 aromatic rings. The lowest BCUT2D eigenvalue weighted by Crippen LogP contribution is -2.58.